The normalized spacial score (nSPS) is 12.0. The number of benzene rings is 5. The van der Waals surface area contributed by atoms with Gasteiger partial charge in [0.15, 0.2) is 0 Å². The van der Waals surface area contributed by atoms with Crippen LogP contribution in [0.15, 0.2) is 140 Å². The molecular weight excluding hydrogens is 486 g/mol. The van der Waals surface area contributed by atoms with Gasteiger partial charge in [0.2, 0.25) is 0 Å². The van der Waals surface area contributed by atoms with E-state index in [-0.39, 0.29) is 0 Å². The fourth-order valence-corrected chi connectivity index (χ4v) is 6.61. The first-order valence-corrected chi connectivity index (χ1v) is 13.7. The van der Waals surface area contributed by atoms with Crippen molar-refractivity contribution in [2.75, 3.05) is 0 Å². The SMILES string of the molecule is c1ccc(-c2cccc(-n3c4ccccc4c4c5cc6c7ccccc7c7ccccc7n6c5ccc43)n2)cc1. The number of nitrogens with zero attached hydrogens (tertiary/aromatic N) is 3. The predicted octanol–water partition coefficient (Wildman–Crippen LogP) is 9.56. The Morgan fingerprint density at radius 1 is 0.400 bits per heavy atom. The topological polar surface area (TPSA) is 22.2 Å². The van der Waals surface area contributed by atoms with Gasteiger partial charge in [0.05, 0.1) is 33.3 Å². The third-order valence-electron chi connectivity index (χ3n) is 8.29. The lowest BCUT2D eigenvalue weighted by atomic mass is 10.0. The number of rotatable bonds is 2. The van der Waals surface area contributed by atoms with E-state index in [4.69, 9.17) is 4.98 Å². The summed E-state index contributed by atoms with van der Waals surface area (Å²) in [6.07, 6.45) is 0. The molecule has 0 aliphatic heterocycles. The molecule has 0 saturated carbocycles. The van der Waals surface area contributed by atoms with Crippen molar-refractivity contribution in [2.45, 2.75) is 0 Å². The summed E-state index contributed by atoms with van der Waals surface area (Å²) in [6.45, 7) is 0. The van der Waals surface area contributed by atoms with Crippen LogP contribution in [0, 0.1) is 0 Å². The number of pyridine rings is 2. The minimum absolute atomic E-state index is 0.923. The van der Waals surface area contributed by atoms with Crippen molar-refractivity contribution in [3.63, 3.8) is 0 Å². The van der Waals surface area contributed by atoms with E-state index in [1.165, 1.54) is 48.9 Å². The molecule has 0 aliphatic carbocycles. The van der Waals surface area contributed by atoms with Gasteiger partial charge in [0, 0.05) is 32.5 Å². The number of hydrogen-bond acceptors (Lipinski definition) is 1. The fourth-order valence-electron chi connectivity index (χ4n) is 6.61. The van der Waals surface area contributed by atoms with Crippen molar-refractivity contribution >= 4 is 59.9 Å². The maximum Gasteiger partial charge on any atom is 0.138 e. The van der Waals surface area contributed by atoms with Gasteiger partial charge in [-0.2, -0.15) is 0 Å². The van der Waals surface area contributed by atoms with Gasteiger partial charge < -0.3 is 4.40 Å². The summed E-state index contributed by atoms with van der Waals surface area (Å²) in [7, 11) is 0. The Morgan fingerprint density at radius 2 is 1.02 bits per heavy atom. The van der Waals surface area contributed by atoms with E-state index in [0.717, 1.165) is 28.1 Å². The number of para-hydroxylation sites is 2. The van der Waals surface area contributed by atoms with Crippen LogP contribution < -0.4 is 0 Å². The van der Waals surface area contributed by atoms with Crippen LogP contribution in [0.5, 0.6) is 0 Å². The van der Waals surface area contributed by atoms with Crippen molar-refractivity contribution in [1.82, 2.24) is 14.0 Å². The van der Waals surface area contributed by atoms with Crippen molar-refractivity contribution < 1.29 is 0 Å². The second-order valence-electron chi connectivity index (χ2n) is 10.4. The number of fused-ring (bicyclic) bond motifs is 12. The predicted molar refractivity (Wildman–Crippen MR) is 167 cm³/mol. The first kappa shape index (κ1) is 21.5. The van der Waals surface area contributed by atoms with Gasteiger partial charge in [-0.3, -0.25) is 4.57 Å². The monoisotopic (exact) mass is 509 g/mol. The molecule has 3 heteroatoms. The maximum absolute atomic E-state index is 5.15. The van der Waals surface area contributed by atoms with Crippen LogP contribution in [0.2, 0.25) is 0 Å². The van der Waals surface area contributed by atoms with E-state index in [9.17, 15) is 0 Å². The highest BCUT2D eigenvalue weighted by atomic mass is 15.1. The summed E-state index contributed by atoms with van der Waals surface area (Å²) in [5.41, 5.74) is 8.09. The molecule has 9 aromatic rings. The van der Waals surface area contributed by atoms with Gasteiger partial charge in [-0.1, -0.05) is 97.1 Å². The Morgan fingerprint density at radius 3 is 1.85 bits per heavy atom. The zero-order chi connectivity index (χ0) is 26.2. The van der Waals surface area contributed by atoms with Gasteiger partial charge in [0.25, 0.3) is 0 Å². The van der Waals surface area contributed by atoms with Crippen LogP contribution in [-0.4, -0.2) is 14.0 Å². The van der Waals surface area contributed by atoms with E-state index in [0.29, 0.717) is 0 Å². The molecule has 40 heavy (non-hydrogen) atoms. The van der Waals surface area contributed by atoms with Crippen molar-refractivity contribution in [3.8, 4) is 17.1 Å². The lowest BCUT2D eigenvalue weighted by Crippen LogP contribution is -1.98. The maximum atomic E-state index is 5.15. The quantitative estimate of drug-likeness (QED) is 0.213. The van der Waals surface area contributed by atoms with Gasteiger partial charge in [-0.25, -0.2) is 4.98 Å². The van der Waals surface area contributed by atoms with Crippen LogP contribution in [0.3, 0.4) is 0 Å². The highest BCUT2D eigenvalue weighted by molar-refractivity contribution is 6.24. The summed E-state index contributed by atoms with van der Waals surface area (Å²) < 4.78 is 4.75. The Balaban J connectivity index is 1.43. The summed E-state index contributed by atoms with van der Waals surface area (Å²) in [5.74, 6) is 0.923. The van der Waals surface area contributed by atoms with Gasteiger partial charge >= 0.3 is 0 Å². The van der Waals surface area contributed by atoms with Crippen LogP contribution in [0.4, 0.5) is 0 Å². The third kappa shape index (κ3) is 2.86. The second-order valence-corrected chi connectivity index (χ2v) is 10.4. The van der Waals surface area contributed by atoms with Gasteiger partial charge in [0.1, 0.15) is 5.82 Å². The first-order chi connectivity index (χ1) is 19.9. The van der Waals surface area contributed by atoms with Gasteiger partial charge in [-0.15, -0.1) is 0 Å². The molecule has 0 atom stereocenters. The van der Waals surface area contributed by atoms with E-state index in [2.05, 4.69) is 142 Å². The lowest BCUT2D eigenvalue weighted by molar-refractivity contribution is 1.08. The molecule has 0 radical (unpaired) electrons. The molecule has 186 valence electrons. The standard InChI is InChI=1S/C37H23N3/c1-2-11-24(12-3-1)30-17-10-20-36(38-30)40-32-19-9-7-16-28(32)37-29-23-35-27-15-5-4-13-25(27)26-14-6-8-18-31(26)39(35)33(29)21-22-34(37)40/h1-23H. The third-order valence-corrected chi connectivity index (χ3v) is 8.29. The Kier molecular flexibility index (Phi) is 4.33. The molecule has 0 bridgehead atoms. The summed E-state index contributed by atoms with van der Waals surface area (Å²) in [4.78, 5) is 5.15. The highest BCUT2D eigenvalue weighted by Crippen LogP contribution is 2.40. The Hall–Kier alpha value is -5.41. The van der Waals surface area contributed by atoms with Crippen molar-refractivity contribution in [3.05, 3.63) is 140 Å². The van der Waals surface area contributed by atoms with E-state index >= 15 is 0 Å². The molecule has 0 amide bonds. The van der Waals surface area contributed by atoms with E-state index in [1.807, 2.05) is 6.07 Å². The van der Waals surface area contributed by atoms with Crippen LogP contribution in [-0.2, 0) is 0 Å². The van der Waals surface area contributed by atoms with Crippen molar-refractivity contribution in [2.24, 2.45) is 0 Å². The number of aromatic nitrogens is 3. The molecule has 3 nitrogen and oxygen atoms in total. The highest BCUT2D eigenvalue weighted by Gasteiger charge is 2.19. The minimum Gasteiger partial charge on any atom is -0.309 e. The lowest BCUT2D eigenvalue weighted by Gasteiger charge is -2.10. The Bertz CT molecular complexity index is 2430. The summed E-state index contributed by atoms with van der Waals surface area (Å²) in [6, 6.07) is 49.8. The average molecular weight is 510 g/mol. The van der Waals surface area contributed by atoms with Crippen molar-refractivity contribution in [1.29, 1.82) is 0 Å². The average Bonchev–Trinajstić information content (AvgIpc) is 3.58. The number of hydrogen-bond donors (Lipinski definition) is 0. The summed E-state index contributed by atoms with van der Waals surface area (Å²) in [5, 5.41) is 7.58. The summed E-state index contributed by atoms with van der Waals surface area (Å²) >= 11 is 0. The molecule has 0 spiro atoms. The Labute approximate surface area is 230 Å². The molecule has 9 rings (SSSR count). The molecule has 0 fully saturated rings. The molecule has 4 aromatic heterocycles. The minimum atomic E-state index is 0.923. The molecule has 4 heterocycles. The zero-order valence-electron chi connectivity index (χ0n) is 21.6. The van der Waals surface area contributed by atoms with E-state index < -0.39 is 0 Å². The van der Waals surface area contributed by atoms with Gasteiger partial charge in [-0.05, 0) is 47.9 Å². The zero-order valence-corrected chi connectivity index (χ0v) is 21.6. The largest absolute Gasteiger partial charge is 0.309 e. The molecule has 0 aliphatic rings. The van der Waals surface area contributed by atoms with Crippen LogP contribution >= 0.6 is 0 Å². The van der Waals surface area contributed by atoms with Crippen LogP contribution in [0.1, 0.15) is 0 Å². The molecule has 0 N–H and O–H groups in total. The molecule has 0 unspecified atom stereocenters. The smallest absolute Gasteiger partial charge is 0.138 e. The fraction of sp³-hybridized carbons (Fsp3) is 0. The molecular formula is C37H23N3. The molecule has 0 saturated heterocycles. The molecule has 5 aromatic carbocycles. The second kappa shape index (κ2) is 8.05. The van der Waals surface area contributed by atoms with E-state index in [1.54, 1.807) is 0 Å². The van der Waals surface area contributed by atoms with Crippen LogP contribution in [0.25, 0.3) is 77.0 Å². The first-order valence-electron chi connectivity index (χ1n) is 13.7.